The highest BCUT2D eigenvalue weighted by Crippen LogP contribution is 2.26. The Kier molecular flexibility index (Phi) is 8.11. The lowest BCUT2D eigenvalue weighted by atomic mass is 10.0. The van der Waals surface area contributed by atoms with E-state index in [9.17, 15) is 13.2 Å². The molecule has 0 fully saturated rings. The molecule has 7 nitrogen and oxygen atoms in total. The molecule has 1 N–H and O–H groups in total. The highest BCUT2D eigenvalue weighted by Gasteiger charge is 2.32. The second kappa shape index (κ2) is 10.3. The Morgan fingerprint density at radius 2 is 1.43 bits per heavy atom. The van der Waals surface area contributed by atoms with Crippen LogP contribution in [0.4, 0.5) is 5.69 Å². The quantitative estimate of drug-likeness (QED) is 0.618. The summed E-state index contributed by atoms with van der Waals surface area (Å²) in [5.74, 6) is 0.991. The second-order valence-electron chi connectivity index (χ2n) is 6.92. The number of carbonyl (C=O) groups is 1. The van der Waals surface area contributed by atoms with Gasteiger partial charge in [0.25, 0.3) is 0 Å². The van der Waals surface area contributed by atoms with Crippen molar-refractivity contribution in [3.8, 4) is 11.5 Å². The van der Waals surface area contributed by atoms with Crippen molar-refractivity contribution >= 4 is 21.6 Å². The maximum atomic E-state index is 13.2. The molecule has 0 aromatic heterocycles. The first kappa shape index (κ1) is 23.5. The summed E-state index contributed by atoms with van der Waals surface area (Å²) in [5.41, 5.74) is 1.34. The molecule has 1 amide bonds. The van der Waals surface area contributed by atoms with E-state index >= 15 is 0 Å². The monoisotopic (exact) mass is 434 g/mol. The average molecular weight is 435 g/mol. The van der Waals surface area contributed by atoms with Crippen LogP contribution in [0.15, 0.2) is 48.5 Å². The minimum atomic E-state index is -3.69. The molecule has 0 aliphatic heterocycles. The lowest BCUT2D eigenvalue weighted by Gasteiger charge is -2.31. The number of ether oxygens (including phenoxy) is 2. The van der Waals surface area contributed by atoms with E-state index in [1.54, 1.807) is 38.3 Å². The van der Waals surface area contributed by atoms with Crippen molar-refractivity contribution in [1.82, 2.24) is 5.32 Å². The Morgan fingerprint density at radius 1 is 0.933 bits per heavy atom. The highest BCUT2D eigenvalue weighted by molar-refractivity contribution is 7.92. The van der Waals surface area contributed by atoms with Crippen LogP contribution in [0, 0.1) is 0 Å². The smallest absolute Gasteiger partial charge is 0.244 e. The van der Waals surface area contributed by atoms with Crippen molar-refractivity contribution < 1.29 is 22.7 Å². The Bertz CT molecular complexity index is 927. The van der Waals surface area contributed by atoms with E-state index in [1.165, 1.54) is 11.4 Å². The molecule has 0 bridgehead atoms. The summed E-state index contributed by atoms with van der Waals surface area (Å²) in [6.07, 6.45) is 2.09. The van der Waals surface area contributed by atoms with E-state index in [-0.39, 0.29) is 11.9 Å². The van der Waals surface area contributed by atoms with Crippen LogP contribution in [-0.2, 0) is 14.8 Å². The fraction of sp³-hybridized carbons (Fsp3) is 0.409. The standard InChI is InChI=1S/C22H30N2O5S/c1-6-20(16-8-12-18(28-3)13-9-16)23-22(25)21(7-2)24(30(5,26)27)17-10-14-19(29-4)15-11-17/h8-15,20-21H,6-7H2,1-5H3,(H,23,25)/t20-,21+/m1/s1. The maximum absolute atomic E-state index is 13.2. The molecule has 0 saturated carbocycles. The Balaban J connectivity index is 2.31. The molecule has 2 aromatic rings. The first-order valence-electron chi connectivity index (χ1n) is 9.82. The molecule has 0 aliphatic rings. The molecule has 30 heavy (non-hydrogen) atoms. The number of methoxy groups -OCH3 is 2. The number of carbonyl (C=O) groups excluding carboxylic acids is 1. The third-order valence-corrected chi connectivity index (χ3v) is 6.08. The molecule has 0 unspecified atom stereocenters. The topological polar surface area (TPSA) is 84.9 Å². The third kappa shape index (κ3) is 5.66. The van der Waals surface area contributed by atoms with Crippen molar-refractivity contribution in [1.29, 1.82) is 0 Å². The number of hydrogen-bond acceptors (Lipinski definition) is 5. The number of rotatable bonds is 10. The molecule has 2 rings (SSSR count). The molecular formula is C22H30N2O5S. The van der Waals surface area contributed by atoms with Crippen molar-refractivity contribution in [2.24, 2.45) is 0 Å². The van der Waals surface area contributed by atoms with Gasteiger partial charge in [-0.25, -0.2) is 8.42 Å². The number of nitrogens with one attached hydrogen (secondary N) is 1. The predicted octanol–water partition coefficient (Wildman–Crippen LogP) is 3.52. The van der Waals surface area contributed by atoms with Gasteiger partial charge < -0.3 is 14.8 Å². The highest BCUT2D eigenvalue weighted by atomic mass is 32.2. The number of amides is 1. The van der Waals surface area contributed by atoms with Gasteiger partial charge >= 0.3 is 0 Å². The van der Waals surface area contributed by atoms with Gasteiger partial charge in [0.1, 0.15) is 17.5 Å². The zero-order chi connectivity index (χ0) is 22.3. The first-order chi connectivity index (χ1) is 14.2. The van der Waals surface area contributed by atoms with Gasteiger partial charge in [-0.3, -0.25) is 9.10 Å². The minimum absolute atomic E-state index is 0.241. The molecule has 0 aliphatic carbocycles. The fourth-order valence-electron chi connectivity index (χ4n) is 3.31. The van der Waals surface area contributed by atoms with Crippen molar-refractivity contribution in [2.75, 3.05) is 24.8 Å². The maximum Gasteiger partial charge on any atom is 0.244 e. The molecule has 8 heteroatoms. The van der Waals surface area contributed by atoms with Gasteiger partial charge in [-0.15, -0.1) is 0 Å². The molecule has 2 aromatic carbocycles. The molecule has 0 heterocycles. The van der Waals surface area contributed by atoms with Crippen LogP contribution in [0.1, 0.15) is 38.3 Å². The predicted molar refractivity (Wildman–Crippen MR) is 119 cm³/mol. The zero-order valence-electron chi connectivity index (χ0n) is 18.1. The summed E-state index contributed by atoms with van der Waals surface area (Å²) in [6.45, 7) is 3.76. The number of hydrogen-bond donors (Lipinski definition) is 1. The van der Waals surface area contributed by atoms with Crippen molar-refractivity contribution in [3.05, 3.63) is 54.1 Å². The van der Waals surface area contributed by atoms with Crippen LogP contribution in [-0.4, -0.2) is 40.8 Å². The molecule has 164 valence electrons. The van der Waals surface area contributed by atoms with Gasteiger partial charge in [0.05, 0.1) is 32.2 Å². The van der Waals surface area contributed by atoms with Gasteiger partial charge in [0, 0.05) is 0 Å². The Morgan fingerprint density at radius 3 is 1.83 bits per heavy atom. The second-order valence-corrected chi connectivity index (χ2v) is 8.78. The average Bonchev–Trinajstić information content (AvgIpc) is 2.75. The van der Waals surface area contributed by atoms with Gasteiger partial charge in [-0.2, -0.15) is 0 Å². The lowest BCUT2D eigenvalue weighted by Crippen LogP contribution is -2.50. The number of nitrogens with zero attached hydrogens (tertiary/aromatic N) is 1. The summed E-state index contributed by atoms with van der Waals surface area (Å²) < 4.78 is 36.7. The van der Waals surface area contributed by atoms with Crippen LogP contribution < -0.4 is 19.1 Å². The van der Waals surface area contributed by atoms with Gasteiger partial charge in [0.15, 0.2) is 0 Å². The first-order valence-corrected chi connectivity index (χ1v) is 11.7. The van der Waals surface area contributed by atoms with E-state index in [0.717, 1.165) is 17.6 Å². The Hall–Kier alpha value is -2.74. The molecule has 2 atom stereocenters. The van der Waals surface area contributed by atoms with Crippen LogP contribution in [0.3, 0.4) is 0 Å². The summed E-state index contributed by atoms with van der Waals surface area (Å²) in [6, 6.07) is 13.0. The molecule has 0 spiro atoms. The fourth-order valence-corrected chi connectivity index (χ4v) is 4.53. The van der Waals surface area contributed by atoms with E-state index in [1.807, 2.05) is 31.2 Å². The SMILES string of the molecule is CC[C@@H](NC(=O)[C@H](CC)N(c1ccc(OC)cc1)S(C)(=O)=O)c1ccc(OC)cc1. The lowest BCUT2D eigenvalue weighted by molar-refractivity contribution is -0.123. The van der Waals surface area contributed by atoms with Crippen LogP contribution in [0.5, 0.6) is 11.5 Å². The van der Waals surface area contributed by atoms with Gasteiger partial charge in [-0.05, 0) is 54.8 Å². The van der Waals surface area contributed by atoms with Gasteiger partial charge in [-0.1, -0.05) is 26.0 Å². The third-order valence-electron chi connectivity index (χ3n) is 4.90. The summed E-state index contributed by atoms with van der Waals surface area (Å²) in [7, 11) is -0.561. The van der Waals surface area contributed by atoms with Crippen LogP contribution in [0.25, 0.3) is 0 Å². The molecular weight excluding hydrogens is 404 g/mol. The molecule has 0 saturated heterocycles. The summed E-state index contributed by atoms with van der Waals surface area (Å²) in [5, 5.41) is 3.01. The van der Waals surface area contributed by atoms with E-state index in [4.69, 9.17) is 9.47 Å². The zero-order valence-corrected chi connectivity index (χ0v) is 18.9. The van der Waals surface area contributed by atoms with Crippen LogP contribution in [0.2, 0.25) is 0 Å². The Labute approximate surface area is 179 Å². The van der Waals surface area contributed by atoms with E-state index in [0.29, 0.717) is 24.3 Å². The van der Waals surface area contributed by atoms with Crippen LogP contribution >= 0.6 is 0 Å². The summed E-state index contributed by atoms with van der Waals surface area (Å²) in [4.78, 5) is 13.2. The summed E-state index contributed by atoms with van der Waals surface area (Å²) >= 11 is 0. The molecule has 0 radical (unpaired) electrons. The normalized spacial score (nSPS) is 13.2. The largest absolute Gasteiger partial charge is 0.497 e. The number of anilines is 1. The number of benzene rings is 2. The minimum Gasteiger partial charge on any atom is -0.497 e. The van der Waals surface area contributed by atoms with Gasteiger partial charge in [0.2, 0.25) is 15.9 Å². The van der Waals surface area contributed by atoms with E-state index in [2.05, 4.69) is 5.32 Å². The van der Waals surface area contributed by atoms with E-state index < -0.39 is 16.1 Å². The van der Waals surface area contributed by atoms with Crippen molar-refractivity contribution in [3.63, 3.8) is 0 Å². The number of sulfonamides is 1. The van der Waals surface area contributed by atoms with Crippen molar-refractivity contribution in [2.45, 2.75) is 38.8 Å².